The van der Waals surface area contributed by atoms with Crippen molar-refractivity contribution < 1.29 is 17.6 Å². The number of thiazole rings is 1. The van der Waals surface area contributed by atoms with Crippen LogP contribution in [0.5, 0.6) is 0 Å². The van der Waals surface area contributed by atoms with Gasteiger partial charge in [0.2, 0.25) is 10.0 Å². The van der Waals surface area contributed by atoms with Gasteiger partial charge in [-0.1, -0.05) is 35.9 Å². The molecule has 0 bridgehead atoms. The zero-order chi connectivity index (χ0) is 21.8. The van der Waals surface area contributed by atoms with Crippen LogP contribution in [0.15, 0.2) is 81.6 Å². The number of carbonyl (C=O) groups is 1. The third-order valence-electron chi connectivity index (χ3n) is 4.45. The van der Waals surface area contributed by atoms with E-state index in [1.165, 1.54) is 29.7 Å². The summed E-state index contributed by atoms with van der Waals surface area (Å²) in [6.45, 7) is 2.04. The van der Waals surface area contributed by atoms with E-state index in [4.69, 9.17) is 4.42 Å². The zero-order valence-electron chi connectivity index (χ0n) is 16.5. The normalized spacial score (nSPS) is 11.4. The molecular formula is C22H19N3O4S2. The molecule has 1 amide bonds. The molecule has 0 aliphatic heterocycles. The zero-order valence-corrected chi connectivity index (χ0v) is 18.2. The monoisotopic (exact) mass is 453 g/mol. The molecule has 0 saturated heterocycles. The van der Waals surface area contributed by atoms with E-state index < -0.39 is 15.9 Å². The number of furan rings is 1. The first-order chi connectivity index (χ1) is 14.9. The van der Waals surface area contributed by atoms with Crippen LogP contribution >= 0.6 is 11.3 Å². The minimum atomic E-state index is -3.77. The summed E-state index contributed by atoms with van der Waals surface area (Å²) in [5.41, 5.74) is 2.71. The summed E-state index contributed by atoms with van der Waals surface area (Å²) in [4.78, 5) is 17.0. The smallest absolute Gasteiger partial charge is 0.275 e. The maximum Gasteiger partial charge on any atom is 0.275 e. The van der Waals surface area contributed by atoms with E-state index in [-0.39, 0.29) is 17.1 Å². The van der Waals surface area contributed by atoms with E-state index in [2.05, 4.69) is 15.0 Å². The lowest BCUT2D eigenvalue weighted by Gasteiger charge is -2.08. The van der Waals surface area contributed by atoms with Crippen LogP contribution in [0.2, 0.25) is 0 Å². The summed E-state index contributed by atoms with van der Waals surface area (Å²) < 4.78 is 32.7. The Bertz CT molecular complexity index is 1290. The third-order valence-corrected chi connectivity index (χ3v) is 6.74. The fourth-order valence-electron chi connectivity index (χ4n) is 2.81. The molecular weight excluding hydrogens is 434 g/mol. The number of carbonyl (C=O) groups excluding carboxylic acids is 1. The molecule has 7 nitrogen and oxygen atoms in total. The first kappa shape index (κ1) is 21.0. The van der Waals surface area contributed by atoms with E-state index in [1.807, 2.05) is 31.2 Å². The Kier molecular flexibility index (Phi) is 5.99. The quantitative estimate of drug-likeness (QED) is 0.431. The molecule has 4 rings (SSSR count). The molecule has 0 aliphatic rings. The van der Waals surface area contributed by atoms with Gasteiger partial charge in [0, 0.05) is 16.6 Å². The summed E-state index contributed by atoms with van der Waals surface area (Å²) in [5, 5.41) is 5.12. The number of amides is 1. The average molecular weight is 454 g/mol. The van der Waals surface area contributed by atoms with Gasteiger partial charge in [-0.15, -0.1) is 11.3 Å². The van der Waals surface area contributed by atoms with Gasteiger partial charge in [-0.25, -0.2) is 18.1 Å². The average Bonchev–Trinajstić information content (AvgIpc) is 3.45. The van der Waals surface area contributed by atoms with Crippen molar-refractivity contribution >= 4 is 33.0 Å². The molecule has 0 fully saturated rings. The Morgan fingerprint density at radius 2 is 1.90 bits per heavy atom. The first-order valence-electron chi connectivity index (χ1n) is 9.37. The molecule has 158 valence electrons. The molecule has 0 atom stereocenters. The Labute approximate surface area is 183 Å². The van der Waals surface area contributed by atoms with E-state index in [0.29, 0.717) is 11.4 Å². The van der Waals surface area contributed by atoms with Crippen molar-refractivity contribution in [3.63, 3.8) is 0 Å². The van der Waals surface area contributed by atoms with E-state index in [0.717, 1.165) is 16.1 Å². The number of aryl methyl sites for hydroxylation is 1. The topological polar surface area (TPSA) is 101 Å². The van der Waals surface area contributed by atoms with Gasteiger partial charge >= 0.3 is 0 Å². The molecule has 0 saturated carbocycles. The highest BCUT2D eigenvalue weighted by molar-refractivity contribution is 7.89. The van der Waals surface area contributed by atoms with Crippen LogP contribution in [0, 0.1) is 6.92 Å². The number of nitrogens with one attached hydrogen (secondary N) is 2. The van der Waals surface area contributed by atoms with Gasteiger partial charge in [0.05, 0.1) is 17.7 Å². The van der Waals surface area contributed by atoms with E-state index in [1.54, 1.807) is 29.6 Å². The Balaban J connectivity index is 1.46. The fraction of sp³-hybridized carbons (Fsp3) is 0.0909. The first-order valence-corrected chi connectivity index (χ1v) is 11.7. The number of nitrogens with zero attached hydrogens (tertiary/aromatic N) is 1. The molecule has 0 spiro atoms. The van der Waals surface area contributed by atoms with Crippen molar-refractivity contribution in [2.45, 2.75) is 18.4 Å². The highest BCUT2D eigenvalue weighted by Gasteiger charge is 2.17. The van der Waals surface area contributed by atoms with Crippen LogP contribution in [0.1, 0.15) is 21.8 Å². The number of hydrogen-bond donors (Lipinski definition) is 2. The molecule has 0 radical (unpaired) electrons. The lowest BCUT2D eigenvalue weighted by atomic mass is 10.2. The second-order valence-corrected chi connectivity index (χ2v) is 9.41. The second-order valence-electron chi connectivity index (χ2n) is 6.79. The van der Waals surface area contributed by atoms with Crippen LogP contribution in [-0.4, -0.2) is 19.3 Å². The molecule has 9 heteroatoms. The second kappa shape index (κ2) is 8.84. The molecule has 2 heterocycles. The SMILES string of the molecule is Cc1ccc(-c2nc(C(=O)Nc3cccc(S(=O)(=O)NCc4ccco4)c3)cs2)cc1. The van der Waals surface area contributed by atoms with Gasteiger partial charge in [-0.2, -0.15) is 0 Å². The maximum atomic E-state index is 12.6. The molecule has 4 aromatic rings. The Morgan fingerprint density at radius 3 is 2.65 bits per heavy atom. The Hall–Kier alpha value is -3.27. The van der Waals surface area contributed by atoms with E-state index in [9.17, 15) is 13.2 Å². The Morgan fingerprint density at radius 1 is 1.10 bits per heavy atom. The van der Waals surface area contributed by atoms with Crippen LogP contribution < -0.4 is 10.0 Å². The van der Waals surface area contributed by atoms with Crippen LogP contribution in [0.25, 0.3) is 10.6 Å². The lowest BCUT2D eigenvalue weighted by molar-refractivity contribution is 0.102. The molecule has 2 aromatic heterocycles. The molecule has 0 unspecified atom stereocenters. The molecule has 31 heavy (non-hydrogen) atoms. The minimum absolute atomic E-state index is 0.0343. The number of rotatable bonds is 7. The molecule has 2 aromatic carbocycles. The summed E-state index contributed by atoms with van der Waals surface area (Å²) in [7, 11) is -3.77. The predicted molar refractivity (Wildman–Crippen MR) is 119 cm³/mol. The summed E-state index contributed by atoms with van der Waals surface area (Å²) in [6.07, 6.45) is 1.47. The molecule has 0 aliphatic carbocycles. The highest BCUT2D eigenvalue weighted by Crippen LogP contribution is 2.25. The lowest BCUT2D eigenvalue weighted by Crippen LogP contribution is -2.23. The van der Waals surface area contributed by atoms with Gasteiger partial charge < -0.3 is 9.73 Å². The number of hydrogen-bond acceptors (Lipinski definition) is 6. The van der Waals surface area contributed by atoms with Crippen molar-refractivity contribution in [1.82, 2.24) is 9.71 Å². The highest BCUT2D eigenvalue weighted by atomic mass is 32.2. The van der Waals surface area contributed by atoms with Crippen LogP contribution in [0.4, 0.5) is 5.69 Å². The van der Waals surface area contributed by atoms with E-state index >= 15 is 0 Å². The largest absolute Gasteiger partial charge is 0.468 e. The van der Waals surface area contributed by atoms with Gasteiger partial charge in [0.1, 0.15) is 16.5 Å². The number of aromatic nitrogens is 1. The molecule has 2 N–H and O–H groups in total. The standard InChI is InChI=1S/C22H19N3O4S2/c1-15-7-9-16(10-8-15)22-25-20(14-30-22)21(26)24-17-4-2-6-19(12-17)31(27,28)23-13-18-5-3-11-29-18/h2-12,14,23H,13H2,1H3,(H,24,26). The maximum absolute atomic E-state index is 12.6. The third kappa shape index (κ3) is 5.08. The van der Waals surface area contributed by atoms with Crippen LogP contribution in [0.3, 0.4) is 0 Å². The minimum Gasteiger partial charge on any atom is -0.468 e. The van der Waals surface area contributed by atoms with Gasteiger partial charge in [0.15, 0.2) is 0 Å². The van der Waals surface area contributed by atoms with Crippen molar-refractivity contribution in [2.75, 3.05) is 5.32 Å². The fourth-order valence-corrected chi connectivity index (χ4v) is 4.65. The predicted octanol–water partition coefficient (Wildman–Crippen LogP) is 4.44. The number of anilines is 1. The van der Waals surface area contributed by atoms with Crippen molar-refractivity contribution in [3.8, 4) is 10.6 Å². The van der Waals surface area contributed by atoms with Crippen LogP contribution in [-0.2, 0) is 16.6 Å². The van der Waals surface area contributed by atoms with Crippen molar-refractivity contribution in [3.05, 3.63) is 89.3 Å². The van der Waals surface area contributed by atoms with Gasteiger partial charge in [-0.05, 0) is 37.3 Å². The summed E-state index contributed by atoms with van der Waals surface area (Å²) in [6, 6.07) is 17.3. The summed E-state index contributed by atoms with van der Waals surface area (Å²) >= 11 is 1.37. The van der Waals surface area contributed by atoms with Crippen molar-refractivity contribution in [1.29, 1.82) is 0 Å². The summed E-state index contributed by atoms with van der Waals surface area (Å²) in [5.74, 6) is 0.0913. The number of sulfonamides is 1. The van der Waals surface area contributed by atoms with Crippen molar-refractivity contribution in [2.24, 2.45) is 0 Å². The number of benzene rings is 2. The van der Waals surface area contributed by atoms with Gasteiger partial charge in [0.25, 0.3) is 5.91 Å². The van der Waals surface area contributed by atoms with Gasteiger partial charge in [-0.3, -0.25) is 4.79 Å².